The molecule has 98 valence electrons. The van der Waals surface area contributed by atoms with Crippen LogP contribution in [-0.2, 0) is 0 Å². The lowest BCUT2D eigenvalue weighted by atomic mass is 9.99. The summed E-state index contributed by atoms with van der Waals surface area (Å²) in [6.45, 7) is 3.81. The van der Waals surface area contributed by atoms with Crippen molar-refractivity contribution in [1.29, 1.82) is 5.41 Å². The number of aryl methyl sites for hydroxylation is 2. The molecule has 2 aromatic rings. The van der Waals surface area contributed by atoms with Crippen LogP contribution >= 0.6 is 23.2 Å². The summed E-state index contributed by atoms with van der Waals surface area (Å²) in [5, 5.41) is 9.46. The molecule has 0 heterocycles. The molecule has 0 aliphatic heterocycles. The summed E-state index contributed by atoms with van der Waals surface area (Å²) in [4.78, 5) is 0. The van der Waals surface area contributed by atoms with Gasteiger partial charge in [0, 0.05) is 21.8 Å². The molecule has 0 saturated heterocycles. The maximum Gasteiger partial charge on any atom is 0.0699 e. The second-order valence-corrected chi connectivity index (χ2v) is 5.34. The van der Waals surface area contributed by atoms with E-state index in [1.165, 1.54) is 0 Å². The summed E-state index contributed by atoms with van der Waals surface area (Å²) >= 11 is 12.2. The summed E-state index contributed by atoms with van der Waals surface area (Å²) in [5.41, 5.74) is 10.1. The Labute approximate surface area is 122 Å². The Bertz CT molecular complexity index is 663. The second kappa shape index (κ2) is 5.24. The van der Waals surface area contributed by atoms with Gasteiger partial charge in [-0.05, 0) is 49.2 Å². The van der Waals surface area contributed by atoms with E-state index in [9.17, 15) is 0 Å². The average molecular weight is 293 g/mol. The predicted octanol–water partition coefficient (Wildman–Crippen LogP) is 4.61. The molecule has 0 aliphatic rings. The minimum Gasteiger partial charge on any atom is -0.398 e. The first-order valence-corrected chi connectivity index (χ1v) is 6.57. The van der Waals surface area contributed by atoms with Crippen LogP contribution in [0, 0.1) is 19.3 Å². The highest BCUT2D eigenvalue weighted by molar-refractivity contribution is 6.35. The average Bonchev–Trinajstić information content (AvgIpc) is 2.36. The third kappa shape index (κ3) is 2.75. The van der Waals surface area contributed by atoms with Crippen molar-refractivity contribution in [2.24, 2.45) is 0 Å². The quantitative estimate of drug-likeness (QED) is 0.616. The van der Waals surface area contributed by atoms with Crippen LogP contribution < -0.4 is 5.73 Å². The molecule has 2 aromatic carbocycles. The highest BCUT2D eigenvalue weighted by Crippen LogP contribution is 2.26. The van der Waals surface area contributed by atoms with Gasteiger partial charge >= 0.3 is 0 Å². The van der Waals surface area contributed by atoms with E-state index in [4.69, 9.17) is 34.3 Å². The maximum absolute atomic E-state index is 8.28. The van der Waals surface area contributed by atoms with Gasteiger partial charge in [0.15, 0.2) is 0 Å². The molecule has 19 heavy (non-hydrogen) atoms. The highest BCUT2D eigenvalue weighted by Gasteiger charge is 2.12. The lowest BCUT2D eigenvalue weighted by Crippen LogP contribution is -2.04. The SMILES string of the molecule is Cc1cc(C(=N)c2ccc(Cl)c(C)c2)c(Cl)cc1N. The molecule has 0 radical (unpaired) electrons. The lowest BCUT2D eigenvalue weighted by Gasteiger charge is -2.11. The number of hydrogen-bond donors (Lipinski definition) is 2. The molecule has 0 aliphatic carbocycles. The Morgan fingerprint density at radius 1 is 1.00 bits per heavy atom. The van der Waals surface area contributed by atoms with Crippen molar-refractivity contribution in [3.63, 3.8) is 0 Å². The topological polar surface area (TPSA) is 49.9 Å². The Hall–Kier alpha value is -1.51. The van der Waals surface area contributed by atoms with Crippen molar-refractivity contribution in [2.45, 2.75) is 13.8 Å². The molecule has 3 N–H and O–H groups in total. The van der Waals surface area contributed by atoms with Crippen molar-refractivity contribution in [3.05, 3.63) is 62.6 Å². The highest BCUT2D eigenvalue weighted by atomic mass is 35.5. The Morgan fingerprint density at radius 2 is 1.68 bits per heavy atom. The Balaban J connectivity index is 2.49. The van der Waals surface area contributed by atoms with Crippen molar-refractivity contribution in [1.82, 2.24) is 0 Å². The van der Waals surface area contributed by atoms with Crippen LogP contribution in [0.5, 0.6) is 0 Å². The first-order valence-electron chi connectivity index (χ1n) is 5.81. The standard InChI is InChI=1S/C15H14Cl2N2/c1-8-5-10(3-4-12(8)16)15(19)11-6-9(2)14(18)7-13(11)17/h3-7,19H,18H2,1-2H3. The van der Waals surface area contributed by atoms with Crippen molar-refractivity contribution < 1.29 is 0 Å². The van der Waals surface area contributed by atoms with E-state index < -0.39 is 0 Å². The van der Waals surface area contributed by atoms with Crippen LogP contribution in [0.4, 0.5) is 5.69 Å². The van der Waals surface area contributed by atoms with Gasteiger partial charge in [0.25, 0.3) is 0 Å². The molecule has 0 aromatic heterocycles. The third-order valence-corrected chi connectivity index (χ3v) is 3.81. The van der Waals surface area contributed by atoms with Gasteiger partial charge < -0.3 is 5.73 Å². The molecule has 0 saturated carbocycles. The van der Waals surface area contributed by atoms with Crippen molar-refractivity contribution in [2.75, 3.05) is 5.73 Å². The van der Waals surface area contributed by atoms with Gasteiger partial charge in [0.1, 0.15) is 0 Å². The number of nitrogens with one attached hydrogen (secondary N) is 1. The fraction of sp³-hybridized carbons (Fsp3) is 0.133. The van der Waals surface area contributed by atoms with Gasteiger partial charge in [0.2, 0.25) is 0 Å². The molecule has 2 rings (SSSR count). The number of hydrogen-bond acceptors (Lipinski definition) is 2. The minimum absolute atomic E-state index is 0.368. The molecular weight excluding hydrogens is 279 g/mol. The van der Waals surface area contributed by atoms with E-state index >= 15 is 0 Å². The summed E-state index contributed by atoms with van der Waals surface area (Å²) in [5.74, 6) is 0. The van der Waals surface area contributed by atoms with E-state index in [0.717, 1.165) is 16.7 Å². The normalized spacial score (nSPS) is 10.5. The first kappa shape index (κ1) is 13.9. The van der Waals surface area contributed by atoms with E-state index in [1.807, 2.05) is 32.0 Å². The minimum atomic E-state index is 0.368. The lowest BCUT2D eigenvalue weighted by molar-refractivity contribution is 1.39. The summed E-state index contributed by atoms with van der Waals surface area (Å²) in [7, 11) is 0. The van der Waals surface area contributed by atoms with Crippen LogP contribution in [-0.4, -0.2) is 5.71 Å². The molecule has 0 atom stereocenters. The summed E-state index contributed by atoms with van der Waals surface area (Å²) < 4.78 is 0. The number of benzene rings is 2. The smallest absolute Gasteiger partial charge is 0.0699 e. The largest absolute Gasteiger partial charge is 0.398 e. The van der Waals surface area contributed by atoms with E-state index in [-0.39, 0.29) is 0 Å². The van der Waals surface area contributed by atoms with Gasteiger partial charge in [-0.1, -0.05) is 29.3 Å². The second-order valence-electron chi connectivity index (χ2n) is 4.53. The van der Waals surface area contributed by atoms with Crippen LogP contribution in [0.3, 0.4) is 0 Å². The van der Waals surface area contributed by atoms with Crippen LogP contribution in [0.25, 0.3) is 0 Å². The van der Waals surface area contributed by atoms with Gasteiger partial charge in [0.05, 0.1) is 10.7 Å². The Morgan fingerprint density at radius 3 is 2.32 bits per heavy atom. The molecular formula is C15H14Cl2N2. The van der Waals surface area contributed by atoms with E-state index in [0.29, 0.717) is 27.0 Å². The van der Waals surface area contributed by atoms with Gasteiger partial charge in [-0.3, -0.25) is 5.41 Å². The molecule has 4 heteroatoms. The van der Waals surface area contributed by atoms with Gasteiger partial charge in [-0.15, -0.1) is 0 Å². The summed E-state index contributed by atoms with van der Waals surface area (Å²) in [6, 6.07) is 9.01. The van der Waals surface area contributed by atoms with Crippen LogP contribution in [0.15, 0.2) is 30.3 Å². The zero-order chi connectivity index (χ0) is 14.2. The fourth-order valence-corrected chi connectivity index (χ4v) is 2.23. The van der Waals surface area contributed by atoms with E-state index in [2.05, 4.69) is 0 Å². The number of rotatable bonds is 2. The zero-order valence-corrected chi connectivity index (χ0v) is 12.2. The fourth-order valence-electron chi connectivity index (χ4n) is 1.84. The molecule has 0 bridgehead atoms. The number of nitrogens with two attached hydrogens (primary N) is 1. The van der Waals surface area contributed by atoms with E-state index in [1.54, 1.807) is 12.1 Å². The van der Waals surface area contributed by atoms with Gasteiger partial charge in [-0.25, -0.2) is 0 Å². The molecule has 0 unspecified atom stereocenters. The molecule has 2 nitrogen and oxygen atoms in total. The molecule has 0 spiro atoms. The van der Waals surface area contributed by atoms with Crippen molar-refractivity contribution in [3.8, 4) is 0 Å². The van der Waals surface area contributed by atoms with Gasteiger partial charge in [-0.2, -0.15) is 0 Å². The molecule has 0 amide bonds. The van der Waals surface area contributed by atoms with Crippen LogP contribution in [0.1, 0.15) is 22.3 Å². The summed E-state index contributed by atoms with van der Waals surface area (Å²) in [6.07, 6.45) is 0. The predicted molar refractivity (Wildman–Crippen MR) is 82.7 cm³/mol. The molecule has 0 fully saturated rings. The number of halogens is 2. The Kier molecular flexibility index (Phi) is 3.83. The number of nitrogen functional groups attached to an aromatic ring is 1. The third-order valence-electron chi connectivity index (χ3n) is 3.07. The van der Waals surface area contributed by atoms with Crippen molar-refractivity contribution >= 4 is 34.6 Å². The zero-order valence-electron chi connectivity index (χ0n) is 10.7. The monoisotopic (exact) mass is 292 g/mol. The number of anilines is 1. The van der Waals surface area contributed by atoms with Crippen LogP contribution in [0.2, 0.25) is 10.0 Å². The first-order chi connectivity index (χ1) is 8.90. The maximum atomic E-state index is 8.28.